The summed E-state index contributed by atoms with van der Waals surface area (Å²) in [7, 11) is 1.60. The van der Waals surface area contributed by atoms with Crippen LogP contribution in [0.4, 0.5) is 10.1 Å². The molecule has 1 aromatic carbocycles. The van der Waals surface area contributed by atoms with Gasteiger partial charge in [-0.1, -0.05) is 6.92 Å². The minimum Gasteiger partial charge on any atom is -0.399 e. The van der Waals surface area contributed by atoms with Crippen LogP contribution in [0.5, 0.6) is 0 Å². The zero-order valence-electron chi connectivity index (χ0n) is 10.9. The Kier molecular flexibility index (Phi) is 5.58. The first-order chi connectivity index (χ1) is 8.55. The Hall–Kier alpha value is -1.62. The SMILES string of the molecule is CCCN(CC(=O)NC)Cc1cc(N)cc(F)c1. The highest BCUT2D eigenvalue weighted by molar-refractivity contribution is 5.77. The van der Waals surface area contributed by atoms with Gasteiger partial charge in [0.05, 0.1) is 6.54 Å². The molecule has 1 rings (SSSR count). The molecular weight excluding hydrogens is 233 g/mol. The van der Waals surface area contributed by atoms with Gasteiger partial charge in [0.25, 0.3) is 0 Å². The van der Waals surface area contributed by atoms with Crippen molar-refractivity contribution in [2.45, 2.75) is 19.9 Å². The van der Waals surface area contributed by atoms with Crippen molar-refractivity contribution >= 4 is 11.6 Å². The Balaban J connectivity index is 2.72. The normalized spacial score (nSPS) is 10.7. The summed E-state index contributed by atoms with van der Waals surface area (Å²) < 4.78 is 13.2. The third kappa shape index (κ3) is 4.71. The van der Waals surface area contributed by atoms with Gasteiger partial charge in [-0.25, -0.2) is 4.39 Å². The fourth-order valence-electron chi connectivity index (χ4n) is 1.84. The smallest absolute Gasteiger partial charge is 0.233 e. The first-order valence-electron chi connectivity index (χ1n) is 6.03. The molecule has 0 fully saturated rings. The number of amides is 1. The lowest BCUT2D eigenvalue weighted by Crippen LogP contribution is -2.35. The number of carbonyl (C=O) groups excluding carboxylic acids is 1. The third-order valence-corrected chi connectivity index (χ3v) is 2.57. The maximum atomic E-state index is 13.2. The lowest BCUT2D eigenvalue weighted by molar-refractivity contribution is -0.121. The highest BCUT2D eigenvalue weighted by Crippen LogP contribution is 2.13. The molecule has 0 heterocycles. The maximum Gasteiger partial charge on any atom is 0.233 e. The van der Waals surface area contributed by atoms with Gasteiger partial charge in [0.2, 0.25) is 5.91 Å². The summed E-state index contributed by atoms with van der Waals surface area (Å²) in [5, 5.41) is 2.58. The molecular formula is C13H20FN3O. The minimum atomic E-state index is -0.346. The van der Waals surface area contributed by atoms with Crippen molar-refractivity contribution in [1.82, 2.24) is 10.2 Å². The Morgan fingerprint density at radius 1 is 1.44 bits per heavy atom. The highest BCUT2D eigenvalue weighted by Gasteiger charge is 2.10. The number of hydrogen-bond donors (Lipinski definition) is 2. The lowest BCUT2D eigenvalue weighted by atomic mass is 10.1. The van der Waals surface area contributed by atoms with Crippen LogP contribution in [-0.4, -0.2) is 30.9 Å². The van der Waals surface area contributed by atoms with E-state index >= 15 is 0 Å². The van der Waals surface area contributed by atoms with E-state index in [1.54, 1.807) is 13.1 Å². The number of hydrogen-bond acceptors (Lipinski definition) is 3. The number of carbonyl (C=O) groups is 1. The summed E-state index contributed by atoms with van der Waals surface area (Å²) in [4.78, 5) is 13.3. The number of likely N-dealkylation sites (N-methyl/N-ethyl adjacent to an activating group) is 1. The summed E-state index contributed by atoms with van der Waals surface area (Å²) in [6, 6.07) is 4.46. The molecule has 5 heteroatoms. The van der Waals surface area contributed by atoms with E-state index in [-0.39, 0.29) is 11.7 Å². The van der Waals surface area contributed by atoms with Gasteiger partial charge in [0, 0.05) is 19.3 Å². The van der Waals surface area contributed by atoms with E-state index in [1.807, 2.05) is 11.8 Å². The van der Waals surface area contributed by atoms with Crippen LogP contribution in [0.2, 0.25) is 0 Å². The summed E-state index contributed by atoms with van der Waals surface area (Å²) in [6.45, 7) is 3.64. The monoisotopic (exact) mass is 253 g/mol. The second-order valence-electron chi connectivity index (χ2n) is 4.28. The predicted octanol–water partition coefficient (Wildman–Crippen LogP) is 1.37. The fourth-order valence-corrected chi connectivity index (χ4v) is 1.84. The molecule has 3 N–H and O–H groups in total. The summed E-state index contributed by atoms with van der Waals surface area (Å²) >= 11 is 0. The van der Waals surface area contributed by atoms with E-state index in [9.17, 15) is 9.18 Å². The van der Waals surface area contributed by atoms with Crippen LogP contribution in [0.1, 0.15) is 18.9 Å². The quantitative estimate of drug-likeness (QED) is 0.753. The van der Waals surface area contributed by atoms with Crippen LogP contribution >= 0.6 is 0 Å². The molecule has 0 aromatic heterocycles. The van der Waals surface area contributed by atoms with Crippen LogP contribution < -0.4 is 11.1 Å². The molecule has 100 valence electrons. The molecule has 1 amide bonds. The number of nitrogen functional groups attached to an aromatic ring is 1. The van der Waals surface area contributed by atoms with Gasteiger partial charge in [0.15, 0.2) is 0 Å². The average molecular weight is 253 g/mol. The minimum absolute atomic E-state index is 0.0483. The number of nitrogens with two attached hydrogens (primary N) is 1. The maximum absolute atomic E-state index is 13.2. The van der Waals surface area contributed by atoms with Crippen LogP contribution in [-0.2, 0) is 11.3 Å². The first-order valence-corrected chi connectivity index (χ1v) is 6.03. The number of nitrogens with one attached hydrogen (secondary N) is 1. The number of benzene rings is 1. The van der Waals surface area contributed by atoms with Crippen LogP contribution in [0.3, 0.4) is 0 Å². The van der Waals surface area contributed by atoms with Crippen molar-refractivity contribution < 1.29 is 9.18 Å². The van der Waals surface area contributed by atoms with Gasteiger partial charge in [-0.05, 0) is 36.7 Å². The average Bonchev–Trinajstić information content (AvgIpc) is 2.27. The van der Waals surface area contributed by atoms with Crippen molar-refractivity contribution in [3.05, 3.63) is 29.6 Å². The molecule has 0 saturated heterocycles. The molecule has 0 atom stereocenters. The van der Waals surface area contributed by atoms with Gasteiger partial charge in [-0.15, -0.1) is 0 Å². The largest absolute Gasteiger partial charge is 0.399 e. The van der Waals surface area contributed by atoms with Crippen LogP contribution in [0.25, 0.3) is 0 Å². The lowest BCUT2D eigenvalue weighted by Gasteiger charge is -2.21. The Bertz CT molecular complexity index is 389. The predicted molar refractivity (Wildman–Crippen MR) is 70.4 cm³/mol. The van der Waals surface area contributed by atoms with Crippen molar-refractivity contribution in [2.75, 3.05) is 25.9 Å². The molecule has 0 bridgehead atoms. The fraction of sp³-hybridized carbons (Fsp3) is 0.462. The Labute approximate surface area is 107 Å². The van der Waals surface area contributed by atoms with Gasteiger partial charge in [0.1, 0.15) is 5.82 Å². The molecule has 0 aliphatic rings. The second-order valence-corrected chi connectivity index (χ2v) is 4.28. The number of rotatable bonds is 6. The summed E-state index contributed by atoms with van der Waals surface area (Å²) in [5.74, 6) is -0.394. The van der Waals surface area contributed by atoms with E-state index in [4.69, 9.17) is 5.73 Å². The number of anilines is 1. The van der Waals surface area contributed by atoms with Crippen LogP contribution in [0.15, 0.2) is 18.2 Å². The molecule has 4 nitrogen and oxygen atoms in total. The second kappa shape index (κ2) is 6.96. The summed E-state index contributed by atoms with van der Waals surface area (Å²) in [6.07, 6.45) is 0.932. The van der Waals surface area contributed by atoms with Crippen molar-refractivity contribution in [2.24, 2.45) is 0 Å². The zero-order valence-corrected chi connectivity index (χ0v) is 10.9. The number of halogens is 1. The van der Waals surface area contributed by atoms with Crippen molar-refractivity contribution in [1.29, 1.82) is 0 Å². The van der Waals surface area contributed by atoms with Gasteiger partial charge < -0.3 is 11.1 Å². The molecule has 0 radical (unpaired) electrons. The molecule has 0 aliphatic carbocycles. The van der Waals surface area contributed by atoms with E-state index < -0.39 is 0 Å². The highest BCUT2D eigenvalue weighted by atomic mass is 19.1. The topological polar surface area (TPSA) is 58.4 Å². The third-order valence-electron chi connectivity index (χ3n) is 2.57. The molecule has 1 aromatic rings. The first kappa shape index (κ1) is 14.4. The molecule has 18 heavy (non-hydrogen) atoms. The van der Waals surface area contributed by atoms with Gasteiger partial charge >= 0.3 is 0 Å². The molecule has 0 spiro atoms. The van der Waals surface area contributed by atoms with E-state index in [0.29, 0.717) is 18.8 Å². The van der Waals surface area contributed by atoms with E-state index in [1.165, 1.54) is 12.1 Å². The van der Waals surface area contributed by atoms with E-state index in [0.717, 1.165) is 18.5 Å². The molecule has 0 unspecified atom stereocenters. The van der Waals surface area contributed by atoms with Crippen molar-refractivity contribution in [3.63, 3.8) is 0 Å². The number of nitrogens with zero attached hydrogens (tertiary/aromatic N) is 1. The Morgan fingerprint density at radius 2 is 2.17 bits per heavy atom. The van der Waals surface area contributed by atoms with Crippen molar-refractivity contribution in [3.8, 4) is 0 Å². The van der Waals surface area contributed by atoms with E-state index in [2.05, 4.69) is 5.32 Å². The van der Waals surface area contributed by atoms with Gasteiger partial charge in [-0.3, -0.25) is 9.69 Å². The van der Waals surface area contributed by atoms with Crippen LogP contribution in [0, 0.1) is 5.82 Å². The molecule has 0 saturated carbocycles. The molecule has 0 aliphatic heterocycles. The zero-order chi connectivity index (χ0) is 13.5. The Morgan fingerprint density at radius 3 is 2.72 bits per heavy atom. The standard InChI is InChI=1S/C13H20FN3O/c1-3-4-17(9-13(18)16-2)8-10-5-11(14)7-12(15)6-10/h5-7H,3-4,8-9,15H2,1-2H3,(H,16,18). The summed E-state index contributed by atoms with van der Waals surface area (Å²) in [5.41, 5.74) is 6.79. The van der Waals surface area contributed by atoms with Gasteiger partial charge in [-0.2, -0.15) is 0 Å².